The van der Waals surface area contributed by atoms with Crippen LogP contribution in [0.15, 0.2) is 0 Å². The highest BCUT2D eigenvalue weighted by molar-refractivity contribution is 6.18. The third kappa shape index (κ3) is 6.07. The van der Waals surface area contributed by atoms with Gasteiger partial charge in [0.1, 0.15) is 0 Å². The van der Waals surface area contributed by atoms with E-state index < -0.39 is 0 Å². The fraction of sp³-hybridized carbons (Fsp3) is 1.00. The number of hydrogen-bond donors (Lipinski definition) is 1. The molecule has 0 radical (unpaired) electrons. The van der Waals surface area contributed by atoms with Crippen molar-refractivity contribution in [3.63, 3.8) is 0 Å². The Morgan fingerprint density at radius 2 is 2.07 bits per heavy atom. The second-order valence-electron chi connectivity index (χ2n) is 3.29. The molecule has 2 nitrogen and oxygen atoms in total. The van der Waals surface area contributed by atoms with Gasteiger partial charge in [-0.3, -0.25) is 0 Å². The topological polar surface area (TPSA) is 29.5 Å². The maximum Gasteiger partial charge on any atom is 0.0612 e. The van der Waals surface area contributed by atoms with Crippen molar-refractivity contribution in [3.8, 4) is 0 Å². The van der Waals surface area contributed by atoms with Crippen LogP contribution in [-0.2, 0) is 4.74 Å². The van der Waals surface area contributed by atoms with Crippen LogP contribution in [0.4, 0.5) is 0 Å². The van der Waals surface area contributed by atoms with Crippen molar-refractivity contribution in [1.29, 1.82) is 0 Å². The quantitative estimate of drug-likeness (QED) is 0.498. The first-order chi connectivity index (χ1) is 6.79. The van der Waals surface area contributed by atoms with Crippen LogP contribution >= 0.6 is 23.2 Å². The largest absolute Gasteiger partial charge is 0.396 e. The van der Waals surface area contributed by atoms with Gasteiger partial charge in [-0.25, -0.2) is 0 Å². The molecule has 0 heterocycles. The molecule has 0 saturated heterocycles. The number of halogens is 2. The SMILES string of the molecule is CCC(OCCCO)C(CCl)CCCl. The van der Waals surface area contributed by atoms with Crippen LogP contribution in [-0.4, -0.2) is 36.2 Å². The molecule has 2 unspecified atom stereocenters. The molecule has 4 heteroatoms. The van der Waals surface area contributed by atoms with Crippen LogP contribution in [0.5, 0.6) is 0 Å². The lowest BCUT2D eigenvalue weighted by atomic mass is 9.99. The fourth-order valence-corrected chi connectivity index (χ4v) is 2.02. The molecule has 0 aliphatic carbocycles. The molecule has 0 fully saturated rings. The minimum atomic E-state index is 0.178. The maximum atomic E-state index is 8.62. The van der Waals surface area contributed by atoms with Crippen molar-refractivity contribution in [2.24, 2.45) is 5.92 Å². The molecule has 0 aromatic heterocycles. The second-order valence-corrected chi connectivity index (χ2v) is 3.97. The summed E-state index contributed by atoms with van der Waals surface area (Å²) in [6.45, 7) is 2.86. The number of ether oxygens (including phenoxy) is 1. The molecule has 0 amide bonds. The van der Waals surface area contributed by atoms with E-state index >= 15 is 0 Å². The number of aliphatic hydroxyl groups excluding tert-OH is 1. The van der Waals surface area contributed by atoms with Gasteiger partial charge < -0.3 is 9.84 Å². The predicted molar refractivity (Wildman–Crippen MR) is 61.3 cm³/mol. The van der Waals surface area contributed by atoms with Gasteiger partial charge in [0.05, 0.1) is 6.10 Å². The Kier molecular flexibility index (Phi) is 10.4. The van der Waals surface area contributed by atoms with E-state index in [0.29, 0.717) is 30.7 Å². The Balaban J connectivity index is 3.81. The predicted octanol–water partition coefficient (Wildman–Crippen LogP) is 2.65. The van der Waals surface area contributed by atoms with E-state index in [-0.39, 0.29) is 12.7 Å². The lowest BCUT2D eigenvalue weighted by Gasteiger charge is -2.24. The monoisotopic (exact) mass is 242 g/mol. The molecule has 0 bridgehead atoms. The van der Waals surface area contributed by atoms with E-state index in [1.807, 2.05) is 0 Å². The number of hydrogen-bond acceptors (Lipinski definition) is 2. The van der Waals surface area contributed by atoms with Gasteiger partial charge in [0.15, 0.2) is 0 Å². The van der Waals surface area contributed by atoms with Crippen LogP contribution < -0.4 is 0 Å². The maximum absolute atomic E-state index is 8.62. The summed E-state index contributed by atoms with van der Waals surface area (Å²) in [6, 6.07) is 0. The Morgan fingerprint density at radius 1 is 1.36 bits per heavy atom. The van der Waals surface area contributed by atoms with E-state index in [4.69, 9.17) is 33.0 Å². The Bertz CT molecular complexity index is 123. The third-order valence-corrected chi connectivity index (χ3v) is 2.86. The molecular formula is C10H20Cl2O2. The zero-order valence-electron chi connectivity index (χ0n) is 8.72. The molecule has 0 spiro atoms. The van der Waals surface area contributed by atoms with Gasteiger partial charge in [0.25, 0.3) is 0 Å². The normalized spacial score (nSPS) is 15.4. The summed E-state index contributed by atoms with van der Waals surface area (Å²) >= 11 is 11.5. The van der Waals surface area contributed by atoms with Gasteiger partial charge >= 0.3 is 0 Å². The minimum Gasteiger partial charge on any atom is -0.396 e. The first kappa shape index (κ1) is 14.5. The lowest BCUT2D eigenvalue weighted by Crippen LogP contribution is -2.26. The average Bonchev–Trinajstić information content (AvgIpc) is 2.22. The van der Waals surface area contributed by atoms with Crippen LogP contribution in [0.1, 0.15) is 26.2 Å². The highest BCUT2D eigenvalue weighted by atomic mass is 35.5. The van der Waals surface area contributed by atoms with Gasteiger partial charge in [-0.15, -0.1) is 23.2 Å². The summed E-state index contributed by atoms with van der Waals surface area (Å²) in [5.74, 6) is 1.54. The number of rotatable bonds is 9. The van der Waals surface area contributed by atoms with Gasteiger partial charge in [-0.1, -0.05) is 6.92 Å². The van der Waals surface area contributed by atoms with Crippen LogP contribution in [0, 0.1) is 5.92 Å². The van der Waals surface area contributed by atoms with E-state index in [1.54, 1.807) is 0 Å². The van der Waals surface area contributed by atoms with Crippen molar-refractivity contribution < 1.29 is 9.84 Å². The van der Waals surface area contributed by atoms with Crippen molar-refractivity contribution >= 4 is 23.2 Å². The van der Waals surface area contributed by atoms with Gasteiger partial charge in [-0.2, -0.15) is 0 Å². The average molecular weight is 243 g/mol. The number of alkyl halides is 2. The molecule has 0 aliphatic heterocycles. The molecule has 14 heavy (non-hydrogen) atoms. The van der Waals surface area contributed by atoms with Crippen LogP contribution in [0.3, 0.4) is 0 Å². The molecule has 0 rings (SSSR count). The van der Waals surface area contributed by atoms with Crippen LogP contribution in [0.25, 0.3) is 0 Å². The zero-order valence-corrected chi connectivity index (χ0v) is 10.2. The van der Waals surface area contributed by atoms with E-state index in [1.165, 1.54) is 0 Å². The second kappa shape index (κ2) is 10.0. The Labute approximate surface area is 96.5 Å². The summed E-state index contributed by atoms with van der Waals surface area (Å²) in [7, 11) is 0. The summed E-state index contributed by atoms with van der Waals surface area (Å²) in [6.07, 6.45) is 2.70. The summed E-state index contributed by atoms with van der Waals surface area (Å²) in [4.78, 5) is 0. The first-order valence-electron chi connectivity index (χ1n) is 5.14. The van der Waals surface area contributed by atoms with E-state index in [9.17, 15) is 0 Å². The minimum absolute atomic E-state index is 0.178. The lowest BCUT2D eigenvalue weighted by molar-refractivity contribution is 0.00878. The van der Waals surface area contributed by atoms with Gasteiger partial charge in [-0.05, 0) is 25.2 Å². The summed E-state index contributed by atoms with van der Waals surface area (Å²) in [5, 5.41) is 8.62. The molecule has 2 atom stereocenters. The summed E-state index contributed by atoms with van der Waals surface area (Å²) < 4.78 is 5.63. The standard InChI is InChI=1S/C10H20Cl2O2/c1-2-10(14-7-3-6-13)9(8-12)4-5-11/h9-10,13H,2-8H2,1H3. The van der Waals surface area contributed by atoms with Gasteiger partial charge in [0.2, 0.25) is 0 Å². The molecule has 0 saturated carbocycles. The van der Waals surface area contributed by atoms with E-state index in [2.05, 4.69) is 6.92 Å². The number of aliphatic hydroxyl groups is 1. The fourth-order valence-electron chi connectivity index (χ4n) is 1.39. The smallest absolute Gasteiger partial charge is 0.0612 e. The Hall–Kier alpha value is 0.500. The molecule has 0 aromatic carbocycles. The summed E-state index contributed by atoms with van der Waals surface area (Å²) in [5.41, 5.74) is 0. The molecule has 1 N–H and O–H groups in total. The third-order valence-electron chi connectivity index (χ3n) is 2.24. The van der Waals surface area contributed by atoms with Crippen molar-refractivity contribution in [3.05, 3.63) is 0 Å². The van der Waals surface area contributed by atoms with Crippen molar-refractivity contribution in [1.82, 2.24) is 0 Å². The molecule has 0 aliphatic rings. The molecule has 86 valence electrons. The molecular weight excluding hydrogens is 223 g/mol. The highest BCUT2D eigenvalue weighted by Crippen LogP contribution is 2.18. The van der Waals surface area contributed by atoms with Crippen molar-refractivity contribution in [2.45, 2.75) is 32.3 Å². The Morgan fingerprint density at radius 3 is 2.50 bits per heavy atom. The molecule has 0 aromatic rings. The zero-order chi connectivity index (χ0) is 10.8. The van der Waals surface area contributed by atoms with Crippen molar-refractivity contribution in [2.75, 3.05) is 25.0 Å². The van der Waals surface area contributed by atoms with E-state index in [0.717, 1.165) is 12.8 Å². The highest BCUT2D eigenvalue weighted by Gasteiger charge is 2.18. The van der Waals surface area contributed by atoms with Gasteiger partial charge in [0, 0.05) is 25.0 Å². The first-order valence-corrected chi connectivity index (χ1v) is 6.21. The van der Waals surface area contributed by atoms with Crippen LogP contribution in [0.2, 0.25) is 0 Å².